The number of carboxylic acids is 1. The highest BCUT2D eigenvalue weighted by Gasteiger charge is 2.56. The number of ether oxygens (including phenoxy) is 1. The zero-order valence-electron chi connectivity index (χ0n) is 9.23. The maximum Gasteiger partial charge on any atom is 0.330 e. The molecule has 0 radical (unpaired) electrons. The Balaban J connectivity index is 2.47. The lowest BCUT2D eigenvalue weighted by atomic mass is 10.1. The first-order chi connectivity index (χ1) is 7.41. The van der Waals surface area contributed by atoms with Crippen LogP contribution in [0.4, 0.5) is 4.39 Å². The summed E-state index contributed by atoms with van der Waals surface area (Å²) in [6.45, 7) is 2.57. The van der Waals surface area contributed by atoms with Crippen LogP contribution in [0.1, 0.15) is 13.8 Å². The fourth-order valence-electron chi connectivity index (χ4n) is 1.86. The molecule has 16 heavy (non-hydrogen) atoms. The standard InChI is InChI=1S/C11H15FO4/c1-11(2)7(9(11)10(14)15)3-4-8(13)16-6-5-12/h3-4,7,9H,5-6H2,1-2H3,(H,14,15)/p-1/b4-3+. The van der Waals surface area contributed by atoms with Crippen LogP contribution in [0, 0.1) is 17.3 Å². The Bertz CT molecular complexity index is 322. The summed E-state index contributed by atoms with van der Waals surface area (Å²) in [5.74, 6) is -2.57. The number of esters is 1. The highest BCUT2D eigenvalue weighted by molar-refractivity contribution is 5.82. The average Bonchev–Trinajstić information content (AvgIpc) is 2.74. The van der Waals surface area contributed by atoms with Crippen LogP contribution in [0.15, 0.2) is 12.2 Å². The molecule has 0 aromatic carbocycles. The van der Waals surface area contributed by atoms with Crippen molar-refractivity contribution in [1.29, 1.82) is 0 Å². The van der Waals surface area contributed by atoms with E-state index in [-0.39, 0.29) is 12.5 Å². The van der Waals surface area contributed by atoms with Gasteiger partial charge in [-0.05, 0) is 11.3 Å². The first-order valence-electron chi connectivity index (χ1n) is 5.03. The van der Waals surface area contributed by atoms with E-state index in [1.54, 1.807) is 13.8 Å². The van der Waals surface area contributed by atoms with Crippen LogP contribution in [0.2, 0.25) is 0 Å². The Kier molecular flexibility index (Phi) is 3.67. The van der Waals surface area contributed by atoms with Gasteiger partial charge in [-0.25, -0.2) is 9.18 Å². The summed E-state index contributed by atoms with van der Waals surface area (Å²) >= 11 is 0. The molecule has 0 aromatic rings. The molecule has 0 amide bonds. The molecule has 0 bridgehead atoms. The molecule has 1 fully saturated rings. The number of rotatable bonds is 5. The number of aliphatic carboxylic acids is 1. The summed E-state index contributed by atoms with van der Waals surface area (Å²) in [4.78, 5) is 21.7. The van der Waals surface area contributed by atoms with Crippen LogP contribution in [-0.2, 0) is 14.3 Å². The molecule has 0 aromatic heterocycles. The van der Waals surface area contributed by atoms with Crippen molar-refractivity contribution in [2.75, 3.05) is 13.3 Å². The number of hydrogen-bond acceptors (Lipinski definition) is 4. The normalized spacial score (nSPS) is 26.7. The van der Waals surface area contributed by atoms with Crippen molar-refractivity contribution in [3.63, 3.8) is 0 Å². The van der Waals surface area contributed by atoms with Crippen molar-refractivity contribution >= 4 is 11.9 Å². The first kappa shape index (κ1) is 12.7. The maximum atomic E-state index is 11.7. The third-order valence-corrected chi connectivity index (χ3v) is 2.93. The van der Waals surface area contributed by atoms with E-state index in [0.29, 0.717) is 0 Å². The molecular weight excluding hydrogens is 215 g/mol. The van der Waals surface area contributed by atoms with Crippen LogP contribution in [0.3, 0.4) is 0 Å². The van der Waals surface area contributed by atoms with E-state index in [2.05, 4.69) is 4.74 Å². The van der Waals surface area contributed by atoms with E-state index in [1.165, 1.54) is 6.08 Å². The molecule has 5 heteroatoms. The van der Waals surface area contributed by atoms with Crippen molar-refractivity contribution in [3.05, 3.63) is 12.2 Å². The van der Waals surface area contributed by atoms with Crippen molar-refractivity contribution in [2.24, 2.45) is 17.3 Å². The Morgan fingerprint density at radius 2 is 2.12 bits per heavy atom. The lowest BCUT2D eigenvalue weighted by molar-refractivity contribution is -0.309. The number of hydrogen-bond donors (Lipinski definition) is 0. The van der Waals surface area contributed by atoms with E-state index in [1.807, 2.05) is 0 Å². The number of carbonyl (C=O) groups is 2. The van der Waals surface area contributed by atoms with E-state index in [4.69, 9.17) is 0 Å². The lowest BCUT2D eigenvalue weighted by Gasteiger charge is -2.01. The third kappa shape index (κ3) is 2.59. The van der Waals surface area contributed by atoms with E-state index >= 15 is 0 Å². The van der Waals surface area contributed by atoms with Crippen LogP contribution in [-0.4, -0.2) is 25.2 Å². The van der Waals surface area contributed by atoms with E-state index < -0.39 is 29.9 Å². The molecule has 1 aliphatic rings. The predicted molar refractivity (Wildman–Crippen MR) is 51.8 cm³/mol. The van der Waals surface area contributed by atoms with Gasteiger partial charge in [0.1, 0.15) is 13.3 Å². The molecule has 1 saturated carbocycles. The van der Waals surface area contributed by atoms with Crippen LogP contribution in [0.25, 0.3) is 0 Å². The van der Waals surface area contributed by atoms with Gasteiger partial charge in [-0.1, -0.05) is 19.9 Å². The summed E-state index contributed by atoms with van der Waals surface area (Å²) in [5.41, 5.74) is -0.393. The minimum atomic E-state index is -1.11. The molecule has 0 N–H and O–H groups in total. The van der Waals surface area contributed by atoms with Gasteiger partial charge in [0, 0.05) is 18.0 Å². The summed E-state index contributed by atoms with van der Waals surface area (Å²) in [6.07, 6.45) is 2.63. The summed E-state index contributed by atoms with van der Waals surface area (Å²) < 4.78 is 16.1. The van der Waals surface area contributed by atoms with Gasteiger partial charge in [0.05, 0.1) is 0 Å². The second kappa shape index (κ2) is 4.63. The SMILES string of the molecule is CC1(C)C(/C=C/C(=O)OCCF)C1C(=O)[O-]. The smallest absolute Gasteiger partial charge is 0.330 e. The topological polar surface area (TPSA) is 66.4 Å². The third-order valence-electron chi connectivity index (χ3n) is 2.93. The fourth-order valence-corrected chi connectivity index (χ4v) is 1.86. The van der Waals surface area contributed by atoms with Gasteiger partial charge >= 0.3 is 5.97 Å². The van der Waals surface area contributed by atoms with Gasteiger partial charge in [0.25, 0.3) is 0 Å². The summed E-state index contributed by atoms with van der Waals surface area (Å²) in [6, 6.07) is 0. The zero-order valence-corrected chi connectivity index (χ0v) is 9.23. The molecule has 1 rings (SSSR count). The molecule has 0 saturated heterocycles. The Labute approximate surface area is 93.1 Å². The monoisotopic (exact) mass is 229 g/mol. The van der Waals surface area contributed by atoms with Crippen LogP contribution >= 0.6 is 0 Å². The largest absolute Gasteiger partial charge is 0.550 e. The highest BCUT2D eigenvalue weighted by Crippen LogP contribution is 2.58. The number of halogens is 1. The molecule has 1 aliphatic carbocycles. The van der Waals surface area contributed by atoms with Gasteiger partial charge in [-0.15, -0.1) is 0 Å². The van der Waals surface area contributed by atoms with E-state index in [9.17, 15) is 19.1 Å². The molecule has 2 atom stereocenters. The predicted octanol–water partition coefficient (Wildman–Crippen LogP) is 0.0774. The van der Waals surface area contributed by atoms with Gasteiger partial charge < -0.3 is 14.6 Å². The molecular formula is C11H14FO4-. The first-order valence-corrected chi connectivity index (χ1v) is 5.03. The van der Waals surface area contributed by atoms with Crippen molar-refractivity contribution in [1.82, 2.24) is 0 Å². The Morgan fingerprint density at radius 1 is 1.50 bits per heavy atom. The van der Waals surface area contributed by atoms with Crippen LogP contribution < -0.4 is 5.11 Å². The van der Waals surface area contributed by atoms with Crippen molar-refractivity contribution in [2.45, 2.75) is 13.8 Å². The Morgan fingerprint density at radius 3 is 2.56 bits per heavy atom. The van der Waals surface area contributed by atoms with Crippen LogP contribution in [0.5, 0.6) is 0 Å². The highest BCUT2D eigenvalue weighted by atomic mass is 19.1. The maximum absolute atomic E-state index is 11.7. The number of alkyl halides is 1. The fraction of sp³-hybridized carbons (Fsp3) is 0.636. The zero-order chi connectivity index (χ0) is 12.3. The average molecular weight is 229 g/mol. The molecule has 0 spiro atoms. The molecule has 0 aliphatic heterocycles. The van der Waals surface area contributed by atoms with Crippen molar-refractivity contribution < 1.29 is 23.8 Å². The molecule has 2 unspecified atom stereocenters. The summed E-state index contributed by atoms with van der Waals surface area (Å²) in [5, 5.41) is 10.7. The molecule has 90 valence electrons. The Hall–Kier alpha value is -1.39. The lowest BCUT2D eigenvalue weighted by Crippen LogP contribution is -2.26. The van der Waals surface area contributed by atoms with Crippen molar-refractivity contribution in [3.8, 4) is 0 Å². The number of carbonyl (C=O) groups excluding carboxylic acids is 2. The second-order valence-corrected chi connectivity index (χ2v) is 4.36. The number of allylic oxidation sites excluding steroid dienone is 1. The van der Waals surface area contributed by atoms with Gasteiger partial charge in [-0.2, -0.15) is 0 Å². The minimum Gasteiger partial charge on any atom is -0.550 e. The molecule has 0 heterocycles. The van der Waals surface area contributed by atoms with Gasteiger partial charge in [-0.3, -0.25) is 0 Å². The second-order valence-electron chi connectivity index (χ2n) is 4.36. The quantitative estimate of drug-likeness (QED) is 0.494. The molecule has 4 nitrogen and oxygen atoms in total. The number of carboxylic acid groups (broad SMARTS) is 1. The summed E-state index contributed by atoms with van der Waals surface area (Å²) in [7, 11) is 0. The van der Waals surface area contributed by atoms with Gasteiger partial charge in [0.2, 0.25) is 0 Å². The minimum absolute atomic E-state index is 0.226. The van der Waals surface area contributed by atoms with E-state index in [0.717, 1.165) is 6.08 Å². The van der Waals surface area contributed by atoms with Gasteiger partial charge in [0.15, 0.2) is 0 Å².